The molecule has 0 spiro atoms. The van der Waals surface area contributed by atoms with Gasteiger partial charge in [-0.3, -0.25) is 0 Å². The average molecular weight is 268 g/mol. The van der Waals surface area contributed by atoms with Gasteiger partial charge in [0, 0.05) is 10.5 Å². The Kier molecular flexibility index (Phi) is 3.47. The Hall–Kier alpha value is -0.340. The van der Waals surface area contributed by atoms with E-state index in [0.29, 0.717) is 6.04 Å². The number of hydrogen-bond donors (Lipinski definition) is 1. The number of benzene rings is 1. The first-order chi connectivity index (χ1) is 7.22. The van der Waals surface area contributed by atoms with Crippen molar-refractivity contribution in [3.8, 4) is 0 Å². The molecule has 0 aliphatic heterocycles. The maximum atomic E-state index is 3.67. The molecular weight excluding hydrogens is 250 g/mol. The van der Waals surface area contributed by atoms with Crippen LogP contribution in [0.2, 0.25) is 0 Å². The van der Waals surface area contributed by atoms with E-state index in [0.717, 1.165) is 6.54 Å². The van der Waals surface area contributed by atoms with Gasteiger partial charge < -0.3 is 5.32 Å². The summed E-state index contributed by atoms with van der Waals surface area (Å²) in [6.07, 6.45) is 3.66. The molecule has 0 bridgehead atoms. The molecular formula is C13H18BrN. The van der Waals surface area contributed by atoms with Gasteiger partial charge in [0.15, 0.2) is 0 Å². The number of hydrogen-bond acceptors (Lipinski definition) is 1. The summed E-state index contributed by atoms with van der Waals surface area (Å²) in [5, 5.41) is 3.62. The van der Waals surface area contributed by atoms with Crippen LogP contribution in [0.1, 0.15) is 42.5 Å². The lowest BCUT2D eigenvalue weighted by molar-refractivity contribution is 0.529. The molecule has 1 atom stereocenters. The molecule has 0 saturated heterocycles. The van der Waals surface area contributed by atoms with Crippen molar-refractivity contribution in [3.63, 3.8) is 0 Å². The van der Waals surface area contributed by atoms with Gasteiger partial charge in [-0.1, -0.05) is 28.9 Å². The Bertz CT molecular complexity index is 360. The van der Waals surface area contributed by atoms with Crippen molar-refractivity contribution in [1.82, 2.24) is 5.32 Å². The van der Waals surface area contributed by atoms with E-state index in [1.165, 1.54) is 40.4 Å². The van der Waals surface area contributed by atoms with E-state index in [1.54, 1.807) is 0 Å². The minimum atomic E-state index is 0.580. The standard InChI is InChI=1S/C13H18BrN/c1-3-6-15-13-5-4-10-11(13)7-9(2)8-12(10)14/h7-8,13,15H,3-6H2,1-2H3. The second-order valence-electron chi connectivity index (χ2n) is 4.36. The first kappa shape index (κ1) is 11.2. The highest BCUT2D eigenvalue weighted by Gasteiger charge is 2.23. The molecule has 2 rings (SSSR count). The van der Waals surface area contributed by atoms with Crippen molar-refractivity contribution in [1.29, 1.82) is 0 Å². The summed E-state index contributed by atoms with van der Waals surface area (Å²) in [5.74, 6) is 0. The van der Waals surface area contributed by atoms with Crippen LogP contribution in [0.3, 0.4) is 0 Å². The Balaban J connectivity index is 2.25. The maximum Gasteiger partial charge on any atom is 0.0326 e. The normalized spacial score (nSPS) is 19.3. The topological polar surface area (TPSA) is 12.0 Å². The molecule has 0 heterocycles. The van der Waals surface area contributed by atoms with Gasteiger partial charge in [-0.2, -0.15) is 0 Å². The lowest BCUT2D eigenvalue weighted by Gasteiger charge is -2.14. The van der Waals surface area contributed by atoms with Gasteiger partial charge in [-0.25, -0.2) is 0 Å². The fourth-order valence-electron chi connectivity index (χ4n) is 2.35. The third-order valence-corrected chi connectivity index (χ3v) is 3.78. The van der Waals surface area contributed by atoms with E-state index in [1.807, 2.05) is 0 Å². The van der Waals surface area contributed by atoms with E-state index in [2.05, 4.69) is 47.2 Å². The molecule has 1 unspecified atom stereocenters. The van der Waals surface area contributed by atoms with Crippen molar-refractivity contribution >= 4 is 15.9 Å². The fraction of sp³-hybridized carbons (Fsp3) is 0.538. The lowest BCUT2D eigenvalue weighted by atomic mass is 10.1. The Morgan fingerprint density at radius 1 is 1.47 bits per heavy atom. The molecule has 1 N–H and O–H groups in total. The van der Waals surface area contributed by atoms with E-state index < -0.39 is 0 Å². The summed E-state index contributed by atoms with van der Waals surface area (Å²) in [4.78, 5) is 0. The predicted octanol–water partition coefficient (Wildman–Crippen LogP) is 3.74. The quantitative estimate of drug-likeness (QED) is 0.880. The van der Waals surface area contributed by atoms with Crippen LogP contribution in [0.15, 0.2) is 16.6 Å². The summed E-state index contributed by atoms with van der Waals surface area (Å²) in [6.45, 7) is 5.50. The lowest BCUT2D eigenvalue weighted by Crippen LogP contribution is -2.19. The van der Waals surface area contributed by atoms with E-state index >= 15 is 0 Å². The third kappa shape index (κ3) is 2.26. The Labute approximate surface area is 100 Å². The van der Waals surface area contributed by atoms with Gasteiger partial charge in [-0.05, 0) is 55.5 Å². The minimum absolute atomic E-state index is 0.580. The molecule has 1 aromatic rings. The fourth-order valence-corrected chi connectivity index (χ4v) is 3.14. The molecule has 0 aromatic heterocycles. The summed E-state index contributed by atoms with van der Waals surface area (Å²) in [5.41, 5.74) is 4.37. The highest BCUT2D eigenvalue weighted by molar-refractivity contribution is 9.10. The van der Waals surface area contributed by atoms with E-state index in [9.17, 15) is 0 Å². The smallest absolute Gasteiger partial charge is 0.0326 e. The molecule has 15 heavy (non-hydrogen) atoms. The van der Waals surface area contributed by atoms with Crippen LogP contribution < -0.4 is 5.32 Å². The van der Waals surface area contributed by atoms with Crippen LogP contribution in [0.25, 0.3) is 0 Å². The van der Waals surface area contributed by atoms with Crippen molar-refractivity contribution < 1.29 is 0 Å². The van der Waals surface area contributed by atoms with Crippen molar-refractivity contribution in [2.24, 2.45) is 0 Å². The van der Waals surface area contributed by atoms with Crippen molar-refractivity contribution in [2.45, 2.75) is 39.2 Å². The summed E-state index contributed by atoms with van der Waals surface area (Å²) >= 11 is 3.67. The first-order valence-corrected chi connectivity index (χ1v) is 6.54. The van der Waals surface area contributed by atoms with Gasteiger partial charge in [0.05, 0.1) is 0 Å². The molecule has 0 radical (unpaired) electrons. The molecule has 82 valence electrons. The Morgan fingerprint density at radius 3 is 3.00 bits per heavy atom. The van der Waals surface area contributed by atoms with Crippen molar-refractivity contribution in [3.05, 3.63) is 33.3 Å². The zero-order valence-electron chi connectivity index (χ0n) is 9.44. The average Bonchev–Trinajstić information content (AvgIpc) is 2.58. The summed E-state index contributed by atoms with van der Waals surface area (Å²) < 4.78 is 1.29. The molecule has 1 nitrogen and oxygen atoms in total. The first-order valence-electron chi connectivity index (χ1n) is 5.74. The van der Waals surface area contributed by atoms with Crippen LogP contribution in [-0.4, -0.2) is 6.54 Å². The second-order valence-corrected chi connectivity index (χ2v) is 5.21. The number of nitrogens with one attached hydrogen (secondary N) is 1. The summed E-state index contributed by atoms with van der Waals surface area (Å²) in [7, 11) is 0. The van der Waals surface area contributed by atoms with Crippen LogP contribution in [0.5, 0.6) is 0 Å². The van der Waals surface area contributed by atoms with Crippen molar-refractivity contribution in [2.75, 3.05) is 6.54 Å². The van der Waals surface area contributed by atoms with Crippen LogP contribution in [0, 0.1) is 6.92 Å². The Morgan fingerprint density at radius 2 is 2.27 bits per heavy atom. The maximum absolute atomic E-state index is 3.67. The molecule has 2 heteroatoms. The van der Waals surface area contributed by atoms with Gasteiger partial charge >= 0.3 is 0 Å². The number of rotatable bonds is 3. The van der Waals surface area contributed by atoms with Crippen LogP contribution >= 0.6 is 15.9 Å². The molecule has 0 fully saturated rings. The van der Waals surface area contributed by atoms with Gasteiger partial charge in [-0.15, -0.1) is 0 Å². The monoisotopic (exact) mass is 267 g/mol. The summed E-state index contributed by atoms with van der Waals surface area (Å²) in [6, 6.07) is 5.14. The third-order valence-electron chi connectivity index (χ3n) is 3.07. The molecule has 0 saturated carbocycles. The zero-order chi connectivity index (χ0) is 10.8. The van der Waals surface area contributed by atoms with Gasteiger partial charge in [0.1, 0.15) is 0 Å². The zero-order valence-corrected chi connectivity index (χ0v) is 11.0. The molecule has 1 aromatic carbocycles. The second kappa shape index (κ2) is 4.67. The molecule has 1 aliphatic carbocycles. The largest absolute Gasteiger partial charge is 0.310 e. The number of halogens is 1. The van der Waals surface area contributed by atoms with Gasteiger partial charge in [0.25, 0.3) is 0 Å². The molecule has 1 aliphatic rings. The van der Waals surface area contributed by atoms with Crippen LogP contribution in [-0.2, 0) is 6.42 Å². The number of aryl methyl sites for hydroxylation is 1. The molecule has 0 amide bonds. The van der Waals surface area contributed by atoms with E-state index in [-0.39, 0.29) is 0 Å². The van der Waals surface area contributed by atoms with Gasteiger partial charge in [0.2, 0.25) is 0 Å². The minimum Gasteiger partial charge on any atom is -0.310 e. The number of fused-ring (bicyclic) bond motifs is 1. The SMILES string of the molecule is CCCNC1CCc2c(Br)cc(C)cc21. The van der Waals surface area contributed by atoms with Crippen LogP contribution in [0.4, 0.5) is 0 Å². The highest BCUT2D eigenvalue weighted by Crippen LogP contribution is 2.36. The van der Waals surface area contributed by atoms with E-state index in [4.69, 9.17) is 0 Å². The predicted molar refractivity (Wildman–Crippen MR) is 68.2 cm³/mol. The highest BCUT2D eigenvalue weighted by atomic mass is 79.9.